The molecule has 42 valence electrons. The Bertz CT molecular complexity index is 72.1. The van der Waals surface area contributed by atoms with E-state index in [1.165, 1.54) is 0 Å². The Morgan fingerprint density at radius 2 is 2.14 bits per heavy atom. The lowest BCUT2D eigenvalue weighted by atomic mass is 10.2. The molecule has 0 aromatic carbocycles. The third-order valence-electron chi connectivity index (χ3n) is 0.526. The first-order chi connectivity index (χ1) is 3.13. The minimum atomic E-state index is 0.567. The van der Waals surface area contributed by atoms with Crippen LogP contribution in [0.15, 0.2) is 11.5 Å². The third kappa shape index (κ3) is 5.97. The van der Waals surface area contributed by atoms with Crippen LogP contribution in [-0.2, 0) is 0 Å². The summed E-state index contributed by atoms with van der Waals surface area (Å²) in [7, 11) is 2.44. The molecule has 0 bridgehead atoms. The quantitative estimate of drug-likeness (QED) is 0.515. The van der Waals surface area contributed by atoms with Gasteiger partial charge in [-0.15, -0.1) is 0 Å². The zero-order valence-electron chi connectivity index (χ0n) is 4.81. The van der Waals surface area contributed by atoms with Crippen molar-refractivity contribution in [2.24, 2.45) is 11.7 Å². The molecule has 0 heterocycles. The van der Waals surface area contributed by atoms with Gasteiger partial charge in [-0.3, -0.25) is 0 Å². The molecule has 1 atom stereocenters. The average Bonchev–Trinajstić information content (AvgIpc) is 1.27. The molecule has 2 heteroatoms. The van der Waals surface area contributed by atoms with Gasteiger partial charge >= 0.3 is 0 Å². The fourth-order valence-electron chi connectivity index (χ4n) is 0.385. The van der Waals surface area contributed by atoms with Gasteiger partial charge in [-0.1, -0.05) is 29.2 Å². The highest BCUT2D eigenvalue weighted by atomic mass is 31.0. The van der Waals surface area contributed by atoms with Crippen molar-refractivity contribution >= 4 is 9.24 Å². The van der Waals surface area contributed by atoms with Gasteiger partial charge in [-0.05, 0) is 5.92 Å². The van der Waals surface area contributed by atoms with Crippen LogP contribution in [0, 0.1) is 5.92 Å². The topological polar surface area (TPSA) is 26.0 Å². The van der Waals surface area contributed by atoms with Gasteiger partial charge in [0, 0.05) is 5.44 Å². The first-order valence-electron chi connectivity index (χ1n) is 2.35. The molecule has 0 spiro atoms. The Balaban J connectivity index is 3.45. The van der Waals surface area contributed by atoms with Crippen LogP contribution in [0.5, 0.6) is 0 Å². The molecule has 0 aliphatic carbocycles. The fourth-order valence-corrected chi connectivity index (χ4v) is 0.770. The Hall–Kier alpha value is -0.0300. The maximum Gasteiger partial charge on any atom is 0.0217 e. The number of rotatable bonds is 1. The van der Waals surface area contributed by atoms with Crippen molar-refractivity contribution in [3.63, 3.8) is 0 Å². The second kappa shape index (κ2) is 3.04. The summed E-state index contributed by atoms with van der Waals surface area (Å²) in [6, 6.07) is 0. The molecule has 0 saturated heterocycles. The van der Waals surface area contributed by atoms with Gasteiger partial charge in [0.25, 0.3) is 0 Å². The van der Waals surface area contributed by atoms with Crippen LogP contribution in [-0.4, -0.2) is 0 Å². The summed E-state index contributed by atoms with van der Waals surface area (Å²) in [5.74, 6) is 0.567. The Morgan fingerprint density at radius 1 is 1.71 bits per heavy atom. The van der Waals surface area contributed by atoms with E-state index in [1.807, 2.05) is 6.08 Å². The van der Waals surface area contributed by atoms with Gasteiger partial charge in [0.2, 0.25) is 0 Å². The van der Waals surface area contributed by atoms with Gasteiger partial charge < -0.3 is 5.73 Å². The molecule has 0 saturated carbocycles. The molecular formula is C5H12NP. The lowest BCUT2D eigenvalue weighted by Crippen LogP contribution is -1.89. The molecule has 0 aromatic heterocycles. The second-order valence-corrected chi connectivity index (χ2v) is 2.58. The molecule has 0 radical (unpaired) electrons. The molecular weight excluding hydrogens is 105 g/mol. The summed E-state index contributed by atoms with van der Waals surface area (Å²) >= 11 is 0. The van der Waals surface area contributed by atoms with E-state index < -0.39 is 0 Å². The Kier molecular flexibility index (Phi) is 3.02. The summed E-state index contributed by atoms with van der Waals surface area (Å²) in [5.41, 5.74) is 6.15. The van der Waals surface area contributed by atoms with Gasteiger partial charge in [-0.25, -0.2) is 0 Å². The summed E-state index contributed by atoms with van der Waals surface area (Å²) in [5, 5.41) is 0. The normalized spacial score (nSPS) is 12.9. The number of nitrogens with two attached hydrogens (primary N) is 1. The minimum Gasteiger partial charge on any atom is -0.399 e. The van der Waals surface area contributed by atoms with Crippen LogP contribution in [0.2, 0.25) is 0 Å². The Labute approximate surface area is 47.2 Å². The Morgan fingerprint density at radius 3 is 2.14 bits per heavy atom. The van der Waals surface area contributed by atoms with E-state index in [9.17, 15) is 0 Å². The highest BCUT2D eigenvalue weighted by molar-refractivity contribution is 7.22. The van der Waals surface area contributed by atoms with Crippen LogP contribution in [0.1, 0.15) is 13.8 Å². The van der Waals surface area contributed by atoms with Crippen molar-refractivity contribution in [1.82, 2.24) is 0 Å². The van der Waals surface area contributed by atoms with Crippen molar-refractivity contribution < 1.29 is 0 Å². The molecule has 1 nitrogen and oxygen atoms in total. The number of hydrogen-bond acceptors (Lipinski definition) is 1. The smallest absolute Gasteiger partial charge is 0.0217 e. The van der Waals surface area contributed by atoms with Crippen LogP contribution >= 0.6 is 9.24 Å². The highest BCUT2D eigenvalue weighted by Gasteiger charge is 1.82. The number of allylic oxidation sites excluding steroid dienone is 1. The standard InChI is InChI=1S/C5H12NP/c1-4(2)3-5(6)7/h3-4H,6-7H2,1-2H3/b5-3-. The molecule has 0 aliphatic heterocycles. The summed E-state index contributed by atoms with van der Waals surface area (Å²) in [6.45, 7) is 4.19. The van der Waals surface area contributed by atoms with E-state index in [4.69, 9.17) is 5.73 Å². The van der Waals surface area contributed by atoms with Crippen LogP contribution in [0.3, 0.4) is 0 Å². The van der Waals surface area contributed by atoms with Gasteiger partial charge in [-0.2, -0.15) is 0 Å². The zero-order valence-corrected chi connectivity index (χ0v) is 5.96. The lowest BCUT2D eigenvalue weighted by molar-refractivity contribution is 0.827. The summed E-state index contributed by atoms with van der Waals surface area (Å²) < 4.78 is 0. The maximum atomic E-state index is 5.32. The van der Waals surface area contributed by atoms with Gasteiger partial charge in [0.1, 0.15) is 0 Å². The molecule has 1 unspecified atom stereocenters. The van der Waals surface area contributed by atoms with Crippen molar-refractivity contribution in [2.45, 2.75) is 13.8 Å². The molecule has 0 rings (SSSR count). The lowest BCUT2D eigenvalue weighted by Gasteiger charge is -1.93. The number of hydrogen-bond donors (Lipinski definition) is 1. The van der Waals surface area contributed by atoms with E-state index in [1.54, 1.807) is 0 Å². The SMILES string of the molecule is CC(C)/C=C(/N)P. The summed E-state index contributed by atoms with van der Waals surface area (Å²) in [6.07, 6.45) is 1.99. The predicted octanol–water partition coefficient (Wildman–Crippen LogP) is 1.32. The maximum absolute atomic E-state index is 5.32. The van der Waals surface area contributed by atoms with Crippen LogP contribution in [0.25, 0.3) is 0 Å². The molecule has 0 aromatic rings. The first-order valence-corrected chi connectivity index (χ1v) is 2.93. The zero-order chi connectivity index (χ0) is 5.86. The molecule has 0 fully saturated rings. The largest absolute Gasteiger partial charge is 0.399 e. The summed E-state index contributed by atoms with van der Waals surface area (Å²) in [4.78, 5) is 0. The van der Waals surface area contributed by atoms with Crippen LogP contribution in [0.4, 0.5) is 0 Å². The average molecular weight is 117 g/mol. The van der Waals surface area contributed by atoms with E-state index in [-0.39, 0.29) is 0 Å². The van der Waals surface area contributed by atoms with Gasteiger partial charge in [0.05, 0.1) is 0 Å². The predicted molar refractivity (Wildman–Crippen MR) is 36.8 cm³/mol. The molecule has 0 amide bonds. The molecule has 2 N–H and O–H groups in total. The van der Waals surface area contributed by atoms with Crippen LogP contribution < -0.4 is 5.73 Å². The van der Waals surface area contributed by atoms with Crippen molar-refractivity contribution in [2.75, 3.05) is 0 Å². The van der Waals surface area contributed by atoms with E-state index in [0.29, 0.717) is 5.92 Å². The van der Waals surface area contributed by atoms with E-state index >= 15 is 0 Å². The fraction of sp³-hybridized carbons (Fsp3) is 0.600. The molecule has 0 aliphatic rings. The highest BCUT2D eigenvalue weighted by Crippen LogP contribution is 2.01. The van der Waals surface area contributed by atoms with Crippen molar-refractivity contribution in [3.8, 4) is 0 Å². The minimum absolute atomic E-state index is 0.567. The van der Waals surface area contributed by atoms with Crippen molar-refractivity contribution in [3.05, 3.63) is 11.5 Å². The first kappa shape index (κ1) is 6.97. The van der Waals surface area contributed by atoms with E-state index in [2.05, 4.69) is 23.1 Å². The third-order valence-corrected chi connectivity index (χ3v) is 0.718. The van der Waals surface area contributed by atoms with Gasteiger partial charge in [0.15, 0.2) is 0 Å². The van der Waals surface area contributed by atoms with E-state index in [0.717, 1.165) is 5.44 Å². The molecule has 7 heavy (non-hydrogen) atoms. The van der Waals surface area contributed by atoms with Crippen molar-refractivity contribution in [1.29, 1.82) is 0 Å². The monoisotopic (exact) mass is 117 g/mol. The second-order valence-electron chi connectivity index (χ2n) is 1.91.